The summed E-state index contributed by atoms with van der Waals surface area (Å²) in [6, 6.07) is 5.63. The van der Waals surface area contributed by atoms with Crippen LogP contribution in [0, 0.1) is 23.7 Å². The molecule has 2 aliphatic rings. The van der Waals surface area contributed by atoms with Crippen LogP contribution in [-0.4, -0.2) is 45.5 Å². The van der Waals surface area contributed by atoms with Crippen LogP contribution in [0.2, 0.25) is 0 Å². The van der Waals surface area contributed by atoms with E-state index in [1.807, 2.05) is 45.3 Å². The lowest BCUT2D eigenvalue weighted by Gasteiger charge is -2.38. The first-order valence-electron chi connectivity index (χ1n) is 11.4. The number of hydrogen-bond acceptors (Lipinski definition) is 5. The maximum atomic E-state index is 13.0. The van der Waals surface area contributed by atoms with Gasteiger partial charge in [0.25, 0.3) is 5.91 Å². The summed E-state index contributed by atoms with van der Waals surface area (Å²) in [5, 5.41) is 13.2. The maximum Gasteiger partial charge on any atom is 0.296 e. The molecule has 2 aromatic rings. The molecule has 0 saturated carbocycles. The van der Waals surface area contributed by atoms with Crippen molar-refractivity contribution in [3.8, 4) is 17.6 Å². The highest BCUT2D eigenvalue weighted by Gasteiger charge is 2.40. The average Bonchev–Trinajstić information content (AvgIpc) is 3.26. The Morgan fingerprint density at radius 1 is 1.26 bits per heavy atom. The Morgan fingerprint density at radius 2 is 2.03 bits per heavy atom. The standard InChI is InChI=1S/C26H29N5O3/c1-17(2)31-26(33)22-8-6-5-7-21(22)25(29-31)20-9-11-23(34-4)19(13-20)10-12-24(32)27-14-18-15-28-30(3)16-18/h5-6,9,11,13,15-17,21-22H,7-8,14H2,1-4H3,(H,27,32)/t21-,22+/m0/s1. The van der Waals surface area contributed by atoms with E-state index in [9.17, 15) is 9.59 Å². The number of rotatable bonds is 5. The van der Waals surface area contributed by atoms with E-state index in [1.165, 1.54) is 0 Å². The molecule has 1 aromatic carbocycles. The first-order chi connectivity index (χ1) is 16.4. The molecule has 1 aliphatic carbocycles. The van der Waals surface area contributed by atoms with Gasteiger partial charge in [-0.1, -0.05) is 18.1 Å². The molecule has 34 heavy (non-hydrogen) atoms. The molecule has 0 bridgehead atoms. The Labute approximate surface area is 199 Å². The summed E-state index contributed by atoms with van der Waals surface area (Å²) in [5.41, 5.74) is 3.24. The third kappa shape index (κ3) is 4.88. The quantitative estimate of drug-likeness (QED) is 0.550. The van der Waals surface area contributed by atoms with E-state index in [4.69, 9.17) is 9.84 Å². The summed E-state index contributed by atoms with van der Waals surface area (Å²) in [7, 11) is 3.39. The summed E-state index contributed by atoms with van der Waals surface area (Å²) >= 11 is 0. The van der Waals surface area contributed by atoms with E-state index in [1.54, 1.807) is 23.0 Å². The maximum absolute atomic E-state index is 13.0. The van der Waals surface area contributed by atoms with Gasteiger partial charge in [-0.15, -0.1) is 0 Å². The predicted octanol–water partition coefficient (Wildman–Crippen LogP) is 2.63. The SMILES string of the molecule is COc1ccc(C2=NN(C(C)C)C(=O)[C@@H]3CC=CC[C@H]23)cc1C#CC(=O)NCc1cnn(C)c1. The summed E-state index contributed by atoms with van der Waals surface area (Å²) in [4.78, 5) is 25.3. The van der Waals surface area contributed by atoms with Crippen molar-refractivity contribution in [2.24, 2.45) is 24.0 Å². The number of fused-ring (bicyclic) bond motifs is 1. The minimum atomic E-state index is -0.389. The number of hydrazone groups is 1. The van der Waals surface area contributed by atoms with Gasteiger partial charge in [0.1, 0.15) is 5.75 Å². The normalized spacial score (nSPS) is 19.3. The number of carbonyl (C=O) groups is 2. The van der Waals surface area contributed by atoms with Gasteiger partial charge >= 0.3 is 0 Å². The van der Waals surface area contributed by atoms with Crippen LogP contribution in [-0.2, 0) is 23.2 Å². The first kappa shape index (κ1) is 23.3. The van der Waals surface area contributed by atoms with Gasteiger partial charge in [-0.2, -0.15) is 10.2 Å². The summed E-state index contributed by atoms with van der Waals surface area (Å²) in [6.45, 7) is 4.28. The molecule has 0 spiro atoms. The molecule has 2 heterocycles. The van der Waals surface area contributed by atoms with E-state index >= 15 is 0 Å². The Kier molecular flexibility index (Phi) is 6.82. The monoisotopic (exact) mass is 459 g/mol. The number of methoxy groups -OCH3 is 1. The van der Waals surface area contributed by atoms with Crippen LogP contribution in [0.15, 0.2) is 47.8 Å². The van der Waals surface area contributed by atoms with Crippen LogP contribution < -0.4 is 10.1 Å². The second-order valence-electron chi connectivity index (χ2n) is 8.79. The molecule has 1 aromatic heterocycles. The summed E-state index contributed by atoms with van der Waals surface area (Å²) in [5.74, 6) is 5.75. The lowest BCUT2D eigenvalue weighted by atomic mass is 9.76. The van der Waals surface area contributed by atoms with Gasteiger partial charge in [0.05, 0.1) is 30.5 Å². The number of nitrogens with one attached hydrogen (secondary N) is 1. The van der Waals surface area contributed by atoms with E-state index in [2.05, 4.69) is 34.4 Å². The second-order valence-corrected chi connectivity index (χ2v) is 8.79. The van der Waals surface area contributed by atoms with Gasteiger partial charge < -0.3 is 10.1 Å². The fraction of sp³-hybridized carbons (Fsp3) is 0.385. The number of amides is 2. The summed E-state index contributed by atoms with van der Waals surface area (Å²) < 4.78 is 7.15. The van der Waals surface area contributed by atoms with E-state index in [-0.39, 0.29) is 29.7 Å². The van der Waals surface area contributed by atoms with Gasteiger partial charge in [-0.3, -0.25) is 14.3 Å². The average molecular weight is 460 g/mol. The highest BCUT2D eigenvalue weighted by atomic mass is 16.5. The molecule has 8 heteroatoms. The molecule has 0 fully saturated rings. The molecule has 0 radical (unpaired) electrons. The predicted molar refractivity (Wildman–Crippen MR) is 129 cm³/mol. The largest absolute Gasteiger partial charge is 0.495 e. The number of nitrogens with zero attached hydrogens (tertiary/aromatic N) is 4. The van der Waals surface area contributed by atoms with Crippen molar-refractivity contribution in [3.63, 3.8) is 0 Å². The van der Waals surface area contributed by atoms with E-state index in [0.29, 0.717) is 24.3 Å². The Bertz CT molecular complexity index is 1210. The zero-order chi connectivity index (χ0) is 24.2. The number of benzene rings is 1. The van der Waals surface area contributed by atoms with Crippen LogP contribution in [0.1, 0.15) is 43.4 Å². The smallest absolute Gasteiger partial charge is 0.296 e. The Hall–Kier alpha value is -3.86. The van der Waals surface area contributed by atoms with Crippen LogP contribution in [0.3, 0.4) is 0 Å². The third-order valence-electron chi connectivity index (χ3n) is 6.05. The Morgan fingerprint density at radius 3 is 2.71 bits per heavy atom. The van der Waals surface area contributed by atoms with Crippen LogP contribution in [0.5, 0.6) is 5.75 Å². The number of aromatic nitrogens is 2. The molecule has 8 nitrogen and oxygen atoms in total. The number of allylic oxidation sites excluding steroid dienone is 2. The van der Waals surface area contributed by atoms with Gasteiger partial charge in [-0.25, -0.2) is 5.01 Å². The van der Waals surface area contributed by atoms with Crippen LogP contribution >= 0.6 is 0 Å². The molecule has 0 saturated heterocycles. The molecule has 1 aliphatic heterocycles. The van der Waals surface area contributed by atoms with Crippen molar-refractivity contribution >= 4 is 17.5 Å². The molecule has 4 rings (SSSR count). The lowest BCUT2D eigenvalue weighted by Crippen LogP contribution is -2.47. The van der Waals surface area contributed by atoms with Gasteiger partial charge in [-0.05, 0) is 50.5 Å². The van der Waals surface area contributed by atoms with Gasteiger partial charge in [0, 0.05) is 43.2 Å². The fourth-order valence-electron chi connectivity index (χ4n) is 4.32. The highest BCUT2D eigenvalue weighted by Crippen LogP contribution is 2.36. The van der Waals surface area contributed by atoms with Crippen molar-refractivity contribution in [1.82, 2.24) is 20.1 Å². The molecule has 2 amide bonds. The van der Waals surface area contributed by atoms with Crippen molar-refractivity contribution in [2.75, 3.05) is 7.11 Å². The summed E-state index contributed by atoms with van der Waals surface area (Å²) in [6.07, 6.45) is 9.21. The molecular weight excluding hydrogens is 430 g/mol. The molecule has 1 N–H and O–H groups in total. The molecule has 176 valence electrons. The van der Waals surface area contributed by atoms with E-state index < -0.39 is 0 Å². The minimum absolute atomic E-state index is 0.0180. The zero-order valence-electron chi connectivity index (χ0n) is 19.9. The number of hydrogen-bond donors (Lipinski definition) is 1. The van der Waals surface area contributed by atoms with Crippen molar-refractivity contribution < 1.29 is 14.3 Å². The number of ether oxygens (including phenoxy) is 1. The number of aryl methyl sites for hydroxylation is 1. The molecular formula is C26H29N5O3. The minimum Gasteiger partial charge on any atom is -0.495 e. The van der Waals surface area contributed by atoms with Gasteiger partial charge in [0.15, 0.2) is 0 Å². The molecule has 0 unspecified atom stereocenters. The zero-order valence-corrected chi connectivity index (χ0v) is 19.9. The van der Waals surface area contributed by atoms with Crippen molar-refractivity contribution in [1.29, 1.82) is 0 Å². The van der Waals surface area contributed by atoms with Crippen molar-refractivity contribution in [2.45, 2.75) is 39.3 Å². The second kappa shape index (κ2) is 9.96. The fourth-order valence-corrected chi connectivity index (χ4v) is 4.32. The van der Waals surface area contributed by atoms with E-state index in [0.717, 1.165) is 23.3 Å². The van der Waals surface area contributed by atoms with Crippen LogP contribution in [0.4, 0.5) is 0 Å². The highest BCUT2D eigenvalue weighted by molar-refractivity contribution is 6.07. The third-order valence-corrected chi connectivity index (χ3v) is 6.05. The van der Waals surface area contributed by atoms with Crippen molar-refractivity contribution in [3.05, 3.63) is 59.4 Å². The first-order valence-corrected chi connectivity index (χ1v) is 11.4. The topological polar surface area (TPSA) is 88.8 Å². The van der Waals surface area contributed by atoms with Gasteiger partial charge in [0.2, 0.25) is 5.91 Å². The lowest BCUT2D eigenvalue weighted by molar-refractivity contribution is -0.139. The number of carbonyl (C=O) groups excluding carboxylic acids is 2. The Balaban J connectivity index is 1.61. The molecule has 2 atom stereocenters. The van der Waals surface area contributed by atoms with Crippen LogP contribution in [0.25, 0.3) is 0 Å².